The van der Waals surface area contributed by atoms with Gasteiger partial charge in [-0.25, -0.2) is 0 Å². The number of rotatable bonds is 3. The van der Waals surface area contributed by atoms with Crippen LogP contribution in [0.5, 0.6) is 0 Å². The standard InChI is InChI=1S/C4H9.CN.Sn/c1-3-4-2;1-2;/h1,3-4H2,2H3;;. The van der Waals surface area contributed by atoms with E-state index in [1.807, 2.05) is 0 Å². The van der Waals surface area contributed by atoms with Crippen LogP contribution in [0.15, 0.2) is 0 Å². The van der Waals surface area contributed by atoms with Crippen LogP contribution >= 0.6 is 0 Å². The summed E-state index contributed by atoms with van der Waals surface area (Å²) in [5.41, 5.74) is 0. The third-order valence-electron chi connectivity index (χ3n) is 0.734. The minimum absolute atomic E-state index is 0.511. The van der Waals surface area contributed by atoms with Crippen molar-refractivity contribution in [3.8, 4) is 4.09 Å². The predicted octanol–water partition coefficient (Wildman–Crippen LogP) is 1.39. The Morgan fingerprint density at radius 2 is 2.43 bits per heavy atom. The summed E-state index contributed by atoms with van der Waals surface area (Å²) >= 11 is -0.511. The van der Waals surface area contributed by atoms with Gasteiger partial charge in [0.2, 0.25) is 0 Å². The van der Waals surface area contributed by atoms with E-state index in [0.717, 1.165) is 0 Å². The van der Waals surface area contributed by atoms with E-state index in [9.17, 15) is 0 Å². The zero-order valence-corrected chi connectivity index (χ0v) is 7.42. The van der Waals surface area contributed by atoms with Gasteiger partial charge in [-0.3, -0.25) is 0 Å². The van der Waals surface area contributed by atoms with E-state index >= 15 is 0 Å². The minimum atomic E-state index is -0.511. The zero-order valence-electron chi connectivity index (χ0n) is 4.57. The molecule has 0 aliphatic heterocycles. The number of nitriles is 1. The molecule has 0 heterocycles. The molecule has 0 aromatic rings. The molecule has 0 saturated carbocycles. The molecule has 0 amide bonds. The molecule has 0 aromatic carbocycles. The average molecular weight is 202 g/mol. The van der Waals surface area contributed by atoms with E-state index < -0.39 is 21.1 Å². The molecule has 2 radical (unpaired) electrons. The normalized spacial score (nSPS) is 8.00. The van der Waals surface area contributed by atoms with Crippen LogP contribution in [0.25, 0.3) is 0 Å². The van der Waals surface area contributed by atoms with Crippen LogP contribution in [0.1, 0.15) is 19.8 Å². The number of unbranched alkanes of at least 4 members (excludes halogenated alkanes) is 1. The van der Waals surface area contributed by atoms with E-state index in [2.05, 4.69) is 11.0 Å². The Hall–Kier alpha value is 0.289. The molecule has 0 fully saturated rings. The first kappa shape index (κ1) is 7.29. The second-order valence-corrected chi connectivity index (χ2v) is 4.47. The van der Waals surface area contributed by atoms with Gasteiger partial charge in [-0.15, -0.1) is 0 Å². The molecule has 0 spiro atoms. The van der Waals surface area contributed by atoms with Gasteiger partial charge in [0.25, 0.3) is 0 Å². The molecule has 0 saturated heterocycles. The van der Waals surface area contributed by atoms with E-state index in [0.29, 0.717) is 0 Å². The first-order valence-electron chi connectivity index (χ1n) is 2.53. The maximum absolute atomic E-state index is 8.12. The Bertz CT molecular complexity index is 65.0. The van der Waals surface area contributed by atoms with Crippen LogP contribution in [0.3, 0.4) is 0 Å². The van der Waals surface area contributed by atoms with Crippen molar-refractivity contribution in [2.24, 2.45) is 0 Å². The van der Waals surface area contributed by atoms with Gasteiger partial charge in [0.1, 0.15) is 0 Å². The molecular formula is C5H9NSn. The van der Waals surface area contributed by atoms with Gasteiger partial charge in [-0.1, -0.05) is 0 Å². The molecule has 0 aliphatic rings. The fourth-order valence-corrected chi connectivity index (χ4v) is 2.15. The molecular weight excluding hydrogens is 193 g/mol. The summed E-state index contributed by atoms with van der Waals surface area (Å²) in [4.78, 5) is 0. The van der Waals surface area contributed by atoms with Crippen LogP contribution in [-0.4, -0.2) is 21.1 Å². The molecule has 7 heavy (non-hydrogen) atoms. The van der Waals surface area contributed by atoms with Gasteiger partial charge in [-0.05, 0) is 0 Å². The Balaban J connectivity index is 2.60. The van der Waals surface area contributed by atoms with Crippen molar-refractivity contribution in [3.63, 3.8) is 0 Å². The second-order valence-electron chi connectivity index (χ2n) is 1.39. The van der Waals surface area contributed by atoms with E-state index in [4.69, 9.17) is 5.26 Å². The van der Waals surface area contributed by atoms with Crippen molar-refractivity contribution in [2.45, 2.75) is 24.2 Å². The van der Waals surface area contributed by atoms with Crippen molar-refractivity contribution < 1.29 is 0 Å². The Morgan fingerprint density at radius 1 is 1.71 bits per heavy atom. The van der Waals surface area contributed by atoms with Crippen molar-refractivity contribution in [1.29, 1.82) is 5.26 Å². The molecule has 1 nitrogen and oxygen atoms in total. The fourth-order valence-electron chi connectivity index (χ4n) is 0.321. The summed E-state index contributed by atoms with van der Waals surface area (Å²) in [6.45, 7) is 2.16. The fraction of sp³-hybridized carbons (Fsp3) is 0.800. The zero-order chi connectivity index (χ0) is 5.54. The first-order chi connectivity index (χ1) is 3.41. The number of hydrogen-bond donors (Lipinski definition) is 0. The summed E-state index contributed by atoms with van der Waals surface area (Å²) < 4.78 is 3.52. The van der Waals surface area contributed by atoms with Crippen LogP contribution in [-0.2, 0) is 0 Å². The molecule has 0 N–H and O–H groups in total. The second kappa shape index (κ2) is 6.29. The number of nitrogens with zero attached hydrogens (tertiary/aromatic N) is 1. The predicted molar refractivity (Wildman–Crippen MR) is 31.1 cm³/mol. The summed E-state index contributed by atoms with van der Waals surface area (Å²) in [7, 11) is 0. The van der Waals surface area contributed by atoms with Gasteiger partial charge < -0.3 is 0 Å². The van der Waals surface area contributed by atoms with Crippen LogP contribution in [0, 0.1) is 9.35 Å². The van der Waals surface area contributed by atoms with Crippen molar-refractivity contribution >= 4 is 21.1 Å². The van der Waals surface area contributed by atoms with Gasteiger partial charge in [0, 0.05) is 0 Å². The molecule has 0 rings (SSSR count). The third-order valence-corrected chi connectivity index (χ3v) is 2.91. The topological polar surface area (TPSA) is 23.8 Å². The molecule has 0 aromatic heterocycles. The molecule has 2 heteroatoms. The summed E-state index contributed by atoms with van der Waals surface area (Å²) in [5, 5.41) is 8.12. The van der Waals surface area contributed by atoms with Crippen molar-refractivity contribution in [2.75, 3.05) is 0 Å². The third kappa shape index (κ3) is 6.29. The molecule has 0 unspecified atom stereocenters. The van der Waals surface area contributed by atoms with Gasteiger partial charge in [0.05, 0.1) is 0 Å². The quantitative estimate of drug-likeness (QED) is 0.500. The number of hydrogen-bond acceptors (Lipinski definition) is 1. The Morgan fingerprint density at radius 3 is 2.86 bits per heavy atom. The van der Waals surface area contributed by atoms with Crippen LogP contribution < -0.4 is 0 Å². The van der Waals surface area contributed by atoms with Crippen LogP contribution in [0.4, 0.5) is 0 Å². The first-order valence-corrected chi connectivity index (χ1v) is 5.98. The van der Waals surface area contributed by atoms with Gasteiger partial charge in [-0.2, -0.15) is 0 Å². The van der Waals surface area contributed by atoms with E-state index in [1.54, 1.807) is 0 Å². The molecule has 0 bridgehead atoms. The summed E-state index contributed by atoms with van der Waals surface area (Å²) in [6, 6.07) is 0. The van der Waals surface area contributed by atoms with E-state index in [-0.39, 0.29) is 0 Å². The average Bonchev–Trinajstić information content (AvgIpc) is 1.69. The van der Waals surface area contributed by atoms with Gasteiger partial charge in [0.15, 0.2) is 0 Å². The SMILES string of the molecule is CCC[CH2][Sn][C]#N. The Kier molecular flexibility index (Phi) is 6.55. The molecule has 38 valence electrons. The molecule has 0 aliphatic carbocycles. The summed E-state index contributed by atoms with van der Waals surface area (Å²) in [6.07, 6.45) is 2.53. The maximum atomic E-state index is 8.12. The van der Waals surface area contributed by atoms with Gasteiger partial charge >= 0.3 is 54.7 Å². The molecule has 0 atom stereocenters. The summed E-state index contributed by atoms with van der Waals surface area (Å²) in [5.74, 6) is 0. The monoisotopic (exact) mass is 203 g/mol. The van der Waals surface area contributed by atoms with Crippen molar-refractivity contribution in [1.82, 2.24) is 0 Å². The van der Waals surface area contributed by atoms with E-state index in [1.165, 1.54) is 17.3 Å². The van der Waals surface area contributed by atoms with Crippen LogP contribution in [0.2, 0.25) is 4.44 Å². The van der Waals surface area contributed by atoms with Crippen molar-refractivity contribution in [3.05, 3.63) is 0 Å². The Labute approximate surface area is 54.9 Å².